The molecule has 0 N–H and O–H groups in total. The summed E-state index contributed by atoms with van der Waals surface area (Å²) in [5.74, 6) is 0. The normalized spacial score (nSPS) is 12.9. The molecular formula is C7H15NS. The monoisotopic (exact) mass is 145 g/mol. The van der Waals surface area contributed by atoms with E-state index in [1.54, 1.807) is 0 Å². The predicted molar refractivity (Wildman–Crippen MR) is 46.5 cm³/mol. The van der Waals surface area contributed by atoms with Crippen LogP contribution < -0.4 is 0 Å². The highest BCUT2D eigenvalue weighted by atomic mass is 32.1. The van der Waals surface area contributed by atoms with Crippen LogP contribution in [0, 0.1) is 0 Å². The standard InChI is InChI=1S/C7H15NS/c1-4-5-6-8-7(2,3)9/h6,9H,4-5H2,1-3H3/b8-6+. The molecule has 0 radical (unpaired) electrons. The molecule has 0 aromatic carbocycles. The van der Waals surface area contributed by atoms with Gasteiger partial charge in [-0.2, -0.15) is 0 Å². The number of thiol groups is 1. The number of hydrogen-bond donors (Lipinski definition) is 1. The van der Waals surface area contributed by atoms with Gasteiger partial charge in [0.05, 0.1) is 4.87 Å². The van der Waals surface area contributed by atoms with Crippen molar-refractivity contribution in [2.24, 2.45) is 4.99 Å². The Morgan fingerprint density at radius 3 is 2.44 bits per heavy atom. The summed E-state index contributed by atoms with van der Waals surface area (Å²) in [6.07, 6.45) is 4.16. The summed E-state index contributed by atoms with van der Waals surface area (Å²) in [5.41, 5.74) is 0. The fraction of sp³-hybridized carbons (Fsp3) is 0.857. The van der Waals surface area contributed by atoms with Gasteiger partial charge in [0.1, 0.15) is 0 Å². The van der Waals surface area contributed by atoms with Gasteiger partial charge in [0.25, 0.3) is 0 Å². The van der Waals surface area contributed by atoms with Crippen molar-refractivity contribution >= 4 is 18.8 Å². The largest absolute Gasteiger partial charge is 0.281 e. The molecule has 0 heterocycles. The first-order valence-electron chi connectivity index (χ1n) is 3.32. The molecule has 0 aromatic heterocycles. The van der Waals surface area contributed by atoms with Gasteiger partial charge in [0.2, 0.25) is 0 Å². The Labute approximate surface area is 63.0 Å². The number of nitrogens with zero attached hydrogens (tertiary/aromatic N) is 1. The molecule has 0 atom stereocenters. The van der Waals surface area contributed by atoms with Crippen LogP contribution in [0.3, 0.4) is 0 Å². The summed E-state index contributed by atoms with van der Waals surface area (Å²) in [5, 5.41) is 0. The maximum absolute atomic E-state index is 4.23. The molecule has 0 aliphatic heterocycles. The van der Waals surface area contributed by atoms with Gasteiger partial charge < -0.3 is 0 Å². The van der Waals surface area contributed by atoms with Gasteiger partial charge >= 0.3 is 0 Å². The average molecular weight is 145 g/mol. The first kappa shape index (κ1) is 9.02. The summed E-state index contributed by atoms with van der Waals surface area (Å²) in [6, 6.07) is 0. The van der Waals surface area contributed by atoms with E-state index in [9.17, 15) is 0 Å². The van der Waals surface area contributed by atoms with Crippen molar-refractivity contribution < 1.29 is 0 Å². The van der Waals surface area contributed by atoms with Crippen molar-refractivity contribution in [1.29, 1.82) is 0 Å². The first-order chi connectivity index (χ1) is 4.06. The topological polar surface area (TPSA) is 12.4 Å². The summed E-state index contributed by atoms with van der Waals surface area (Å²) < 4.78 is 0. The smallest absolute Gasteiger partial charge is 0.0969 e. The van der Waals surface area contributed by atoms with Crippen LogP contribution in [-0.4, -0.2) is 11.1 Å². The summed E-state index contributed by atoms with van der Waals surface area (Å²) in [7, 11) is 0. The lowest BCUT2D eigenvalue weighted by Gasteiger charge is -2.08. The molecule has 54 valence electrons. The molecule has 0 fully saturated rings. The maximum Gasteiger partial charge on any atom is 0.0969 e. The first-order valence-corrected chi connectivity index (χ1v) is 3.77. The minimum absolute atomic E-state index is 0.185. The Morgan fingerprint density at radius 2 is 2.11 bits per heavy atom. The van der Waals surface area contributed by atoms with Crippen LogP contribution in [0.15, 0.2) is 4.99 Å². The van der Waals surface area contributed by atoms with Gasteiger partial charge in [0, 0.05) is 6.21 Å². The van der Waals surface area contributed by atoms with Gasteiger partial charge in [-0.05, 0) is 20.3 Å². The summed E-state index contributed by atoms with van der Waals surface area (Å²) >= 11 is 4.23. The number of hydrogen-bond acceptors (Lipinski definition) is 2. The fourth-order valence-electron chi connectivity index (χ4n) is 0.417. The van der Waals surface area contributed by atoms with Gasteiger partial charge in [-0.1, -0.05) is 13.3 Å². The Morgan fingerprint density at radius 1 is 1.56 bits per heavy atom. The predicted octanol–water partition coefficient (Wildman–Crippen LogP) is 2.52. The van der Waals surface area contributed by atoms with Crippen LogP contribution in [0.5, 0.6) is 0 Å². The molecule has 0 unspecified atom stereocenters. The van der Waals surface area contributed by atoms with Crippen molar-refractivity contribution in [3.63, 3.8) is 0 Å². The quantitative estimate of drug-likeness (QED) is 0.463. The highest BCUT2D eigenvalue weighted by molar-refractivity contribution is 7.81. The third kappa shape index (κ3) is 8.02. The third-order valence-corrected chi connectivity index (χ3v) is 0.940. The van der Waals surface area contributed by atoms with E-state index >= 15 is 0 Å². The number of unbranched alkanes of at least 4 members (excludes halogenated alkanes) is 1. The molecule has 9 heavy (non-hydrogen) atoms. The van der Waals surface area contributed by atoms with E-state index in [1.165, 1.54) is 0 Å². The van der Waals surface area contributed by atoms with Crippen LogP contribution in [0.2, 0.25) is 0 Å². The van der Waals surface area contributed by atoms with Gasteiger partial charge in [-0.25, -0.2) is 0 Å². The molecule has 0 amide bonds. The Hall–Kier alpha value is 0.0200. The Balaban J connectivity index is 3.45. The lowest BCUT2D eigenvalue weighted by atomic mass is 10.3. The summed E-state index contributed by atoms with van der Waals surface area (Å²) in [6.45, 7) is 6.09. The van der Waals surface area contributed by atoms with Gasteiger partial charge in [-0.15, -0.1) is 12.6 Å². The molecule has 0 aliphatic rings. The molecule has 0 saturated carbocycles. The fourth-order valence-corrected chi connectivity index (χ4v) is 0.499. The zero-order valence-electron chi connectivity index (χ0n) is 6.39. The molecule has 2 heteroatoms. The van der Waals surface area contributed by atoms with Gasteiger partial charge in [0.15, 0.2) is 0 Å². The van der Waals surface area contributed by atoms with Crippen LogP contribution >= 0.6 is 12.6 Å². The molecule has 0 saturated heterocycles. The van der Waals surface area contributed by atoms with E-state index in [-0.39, 0.29) is 4.87 Å². The third-order valence-electron chi connectivity index (χ3n) is 0.825. The lowest BCUT2D eigenvalue weighted by molar-refractivity contribution is 0.768. The second kappa shape index (κ2) is 3.94. The highest BCUT2D eigenvalue weighted by Crippen LogP contribution is 2.12. The zero-order valence-corrected chi connectivity index (χ0v) is 7.28. The van der Waals surface area contributed by atoms with E-state index in [0.717, 1.165) is 12.8 Å². The van der Waals surface area contributed by atoms with E-state index in [0.29, 0.717) is 0 Å². The SMILES string of the molecule is CCC/C=N/C(C)(C)S. The van der Waals surface area contributed by atoms with Gasteiger partial charge in [-0.3, -0.25) is 4.99 Å². The minimum atomic E-state index is -0.185. The van der Waals surface area contributed by atoms with Crippen molar-refractivity contribution in [2.45, 2.75) is 38.5 Å². The maximum atomic E-state index is 4.23. The second-order valence-corrected chi connectivity index (χ2v) is 3.69. The van der Waals surface area contributed by atoms with Crippen LogP contribution in [0.1, 0.15) is 33.6 Å². The van der Waals surface area contributed by atoms with E-state index in [4.69, 9.17) is 0 Å². The van der Waals surface area contributed by atoms with Crippen LogP contribution in [-0.2, 0) is 0 Å². The molecule has 0 rings (SSSR count). The van der Waals surface area contributed by atoms with E-state index in [1.807, 2.05) is 20.1 Å². The van der Waals surface area contributed by atoms with E-state index in [2.05, 4.69) is 24.5 Å². The Bertz CT molecular complexity index is 91.6. The van der Waals surface area contributed by atoms with Crippen molar-refractivity contribution in [2.75, 3.05) is 0 Å². The second-order valence-electron chi connectivity index (χ2n) is 2.59. The molecule has 1 nitrogen and oxygen atoms in total. The van der Waals surface area contributed by atoms with Crippen molar-refractivity contribution in [1.82, 2.24) is 0 Å². The molecular weight excluding hydrogens is 130 g/mol. The Kier molecular flexibility index (Phi) is 3.95. The zero-order chi connectivity index (χ0) is 7.33. The molecule has 0 bridgehead atoms. The average Bonchev–Trinajstić information content (AvgIpc) is 1.63. The molecule has 0 spiro atoms. The highest BCUT2D eigenvalue weighted by Gasteiger charge is 2.04. The van der Waals surface area contributed by atoms with E-state index < -0.39 is 0 Å². The lowest BCUT2D eigenvalue weighted by Crippen LogP contribution is -2.05. The molecule has 0 aliphatic carbocycles. The van der Waals surface area contributed by atoms with Crippen LogP contribution in [0.25, 0.3) is 0 Å². The summed E-state index contributed by atoms with van der Waals surface area (Å²) in [4.78, 5) is 4.00. The van der Waals surface area contributed by atoms with Crippen molar-refractivity contribution in [3.8, 4) is 0 Å². The number of rotatable bonds is 3. The van der Waals surface area contributed by atoms with Crippen LogP contribution in [0.4, 0.5) is 0 Å². The number of aliphatic imine (C=N–C) groups is 1. The molecule has 0 aromatic rings. The van der Waals surface area contributed by atoms with Crippen molar-refractivity contribution in [3.05, 3.63) is 0 Å². The minimum Gasteiger partial charge on any atom is -0.281 e.